The third-order valence-corrected chi connectivity index (χ3v) is 2.21. The molecule has 0 fully saturated rings. The number of benzene rings is 1. The largest absolute Gasteiger partial charge is 0.506 e. The van der Waals surface area contributed by atoms with E-state index in [1.165, 1.54) is 0 Å². The van der Waals surface area contributed by atoms with Crippen LogP contribution in [0.15, 0.2) is 18.2 Å². The van der Waals surface area contributed by atoms with E-state index in [-0.39, 0.29) is 5.69 Å². The number of hydrogen-bond donors (Lipinski definition) is 2. The molecule has 0 radical (unpaired) electrons. The Morgan fingerprint density at radius 1 is 1.31 bits per heavy atom. The first kappa shape index (κ1) is 12.6. The minimum absolute atomic E-state index is 0.296. The summed E-state index contributed by atoms with van der Waals surface area (Å²) in [5.41, 5.74) is -1.35. The highest BCUT2D eigenvalue weighted by molar-refractivity contribution is 7.92. The van der Waals surface area contributed by atoms with Gasteiger partial charge in [0.15, 0.2) is 0 Å². The van der Waals surface area contributed by atoms with Crippen molar-refractivity contribution in [2.75, 3.05) is 11.0 Å². The van der Waals surface area contributed by atoms with Gasteiger partial charge in [-0.05, 0) is 18.2 Å². The zero-order valence-electron chi connectivity index (χ0n) is 8.04. The van der Waals surface area contributed by atoms with Crippen molar-refractivity contribution in [1.82, 2.24) is 0 Å². The molecule has 1 aromatic carbocycles. The lowest BCUT2D eigenvalue weighted by atomic mass is 10.2. The van der Waals surface area contributed by atoms with Crippen molar-refractivity contribution >= 4 is 15.7 Å². The molecule has 16 heavy (non-hydrogen) atoms. The SMILES string of the molecule is CS(=O)(=O)Nc1ccc(C(F)(F)F)cc1O. The Kier molecular flexibility index (Phi) is 3.04. The first-order chi connectivity index (χ1) is 7.09. The molecule has 0 amide bonds. The van der Waals surface area contributed by atoms with Gasteiger partial charge in [-0.25, -0.2) is 8.42 Å². The second-order valence-electron chi connectivity index (χ2n) is 3.10. The zero-order valence-corrected chi connectivity index (χ0v) is 8.85. The number of hydrogen-bond acceptors (Lipinski definition) is 3. The molecule has 0 saturated heterocycles. The summed E-state index contributed by atoms with van der Waals surface area (Å²) in [5.74, 6) is -0.778. The summed E-state index contributed by atoms with van der Waals surface area (Å²) in [5, 5.41) is 9.19. The first-order valence-electron chi connectivity index (χ1n) is 3.97. The van der Waals surface area contributed by atoms with E-state index in [4.69, 9.17) is 0 Å². The Labute approximate surface area is 89.8 Å². The zero-order chi connectivity index (χ0) is 12.6. The number of sulfonamides is 1. The molecule has 1 aromatic rings. The van der Waals surface area contributed by atoms with Crippen LogP contribution < -0.4 is 4.72 Å². The molecular formula is C8H8F3NO3S. The summed E-state index contributed by atoms with van der Waals surface area (Å²) >= 11 is 0. The standard InChI is InChI=1S/C8H8F3NO3S/c1-16(14,15)12-6-3-2-5(4-7(6)13)8(9,10)11/h2-4,12-13H,1H3. The Balaban J connectivity index is 3.11. The summed E-state index contributed by atoms with van der Waals surface area (Å²) in [6.07, 6.45) is -3.76. The molecule has 0 aliphatic rings. The van der Waals surface area contributed by atoms with E-state index in [0.29, 0.717) is 12.1 Å². The number of rotatable bonds is 2. The molecule has 0 saturated carbocycles. The molecule has 0 spiro atoms. The number of anilines is 1. The van der Waals surface area contributed by atoms with Gasteiger partial charge in [-0.3, -0.25) is 4.72 Å². The Hall–Kier alpha value is -1.44. The van der Waals surface area contributed by atoms with Crippen LogP contribution in [0.3, 0.4) is 0 Å². The average molecular weight is 255 g/mol. The van der Waals surface area contributed by atoms with Crippen molar-refractivity contribution in [3.8, 4) is 5.75 Å². The van der Waals surface area contributed by atoms with E-state index in [9.17, 15) is 26.7 Å². The number of phenolic OH excluding ortho intramolecular Hbond substituents is 1. The van der Waals surface area contributed by atoms with Crippen molar-refractivity contribution in [3.63, 3.8) is 0 Å². The van der Waals surface area contributed by atoms with E-state index in [1.54, 1.807) is 0 Å². The van der Waals surface area contributed by atoms with Gasteiger partial charge in [0.1, 0.15) is 5.75 Å². The lowest BCUT2D eigenvalue weighted by molar-refractivity contribution is -0.137. The van der Waals surface area contributed by atoms with Crippen LogP contribution in [0.4, 0.5) is 18.9 Å². The molecule has 0 aliphatic heterocycles. The van der Waals surface area contributed by atoms with Gasteiger partial charge in [-0.15, -0.1) is 0 Å². The fourth-order valence-corrected chi connectivity index (χ4v) is 1.57. The maximum Gasteiger partial charge on any atom is 0.416 e. The van der Waals surface area contributed by atoms with Gasteiger partial charge in [-0.2, -0.15) is 13.2 Å². The van der Waals surface area contributed by atoms with Crippen molar-refractivity contribution < 1.29 is 26.7 Å². The number of nitrogens with one attached hydrogen (secondary N) is 1. The Bertz CT molecular complexity index is 496. The maximum absolute atomic E-state index is 12.2. The van der Waals surface area contributed by atoms with Crippen molar-refractivity contribution in [1.29, 1.82) is 0 Å². The van der Waals surface area contributed by atoms with Crippen LogP contribution in [0.1, 0.15) is 5.56 Å². The van der Waals surface area contributed by atoms with Crippen LogP contribution in [-0.2, 0) is 16.2 Å². The fourth-order valence-electron chi connectivity index (χ4n) is 0.994. The fraction of sp³-hybridized carbons (Fsp3) is 0.250. The van der Waals surface area contributed by atoms with Crippen molar-refractivity contribution in [2.45, 2.75) is 6.18 Å². The van der Waals surface area contributed by atoms with Crippen LogP contribution in [-0.4, -0.2) is 19.8 Å². The Morgan fingerprint density at radius 3 is 2.25 bits per heavy atom. The predicted molar refractivity (Wildman–Crippen MR) is 51.6 cm³/mol. The second-order valence-corrected chi connectivity index (χ2v) is 4.85. The lowest BCUT2D eigenvalue weighted by Crippen LogP contribution is -2.10. The molecule has 2 N–H and O–H groups in total. The average Bonchev–Trinajstić information content (AvgIpc) is 2.04. The van der Waals surface area contributed by atoms with Gasteiger partial charge in [0.2, 0.25) is 10.0 Å². The summed E-state index contributed by atoms with van der Waals surface area (Å²) in [6, 6.07) is 1.97. The van der Waals surface area contributed by atoms with Crippen LogP contribution in [0.2, 0.25) is 0 Å². The van der Waals surface area contributed by atoms with E-state index < -0.39 is 27.5 Å². The van der Waals surface area contributed by atoms with E-state index in [1.807, 2.05) is 4.72 Å². The van der Waals surface area contributed by atoms with Gasteiger partial charge in [-0.1, -0.05) is 0 Å². The Morgan fingerprint density at radius 2 is 1.88 bits per heavy atom. The lowest BCUT2D eigenvalue weighted by Gasteiger charge is -2.10. The molecule has 0 bridgehead atoms. The number of phenols is 1. The number of alkyl halides is 3. The third-order valence-electron chi connectivity index (χ3n) is 1.62. The quantitative estimate of drug-likeness (QED) is 0.792. The molecule has 0 heterocycles. The molecule has 4 nitrogen and oxygen atoms in total. The van der Waals surface area contributed by atoms with E-state index in [0.717, 1.165) is 12.3 Å². The number of halogens is 3. The van der Waals surface area contributed by atoms with Crippen LogP contribution in [0.25, 0.3) is 0 Å². The first-order valence-corrected chi connectivity index (χ1v) is 5.87. The highest BCUT2D eigenvalue weighted by Gasteiger charge is 2.31. The highest BCUT2D eigenvalue weighted by Crippen LogP contribution is 2.34. The normalized spacial score (nSPS) is 12.5. The van der Waals surface area contributed by atoms with Gasteiger partial charge < -0.3 is 5.11 Å². The minimum atomic E-state index is -4.58. The van der Waals surface area contributed by atoms with Gasteiger partial charge >= 0.3 is 6.18 Å². The highest BCUT2D eigenvalue weighted by atomic mass is 32.2. The molecule has 8 heteroatoms. The van der Waals surface area contributed by atoms with E-state index >= 15 is 0 Å². The van der Waals surface area contributed by atoms with E-state index in [2.05, 4.69) is 0 Å². The summed E-state index contributed by atoms with van der Waals surface area (Å²) in [6.45, 7) is 0. The van der Waals surface area contributed by atoms with Crippen LogP contribution >= 0.6 is 0 Å². The van der Waals surface area contributed by atoms with Gasteiger partial charge in [0, 0.05) is 0 Å². The van der Waals surface area contributed by atoms with Crippen molar-refractivity contribution in [3.05, 3.63) is 23.8 Å². The predicted octanol–water partition coefficient (Wildman–Crippen LogP) is 1.78. The summed E-state index contributed by atoms with van der Waals surface area (Å²) in [7, 11) is -3.64. The molecule has 90 valence electrons. The van der Waals surface area contributed by atoms with Gasteiger partial charge in [0.25, 0.3) is 0 Å². The molecule has 1 rings (SSSR count). The molecule has 0 aliphatic carbocycles. The van der Waals surface area contributed by atoms with Gasteiger partial charge in [0.05, 0.1) is 17.5 Å². The third kappa shape index (κ3) is 3.30. The summed E-state index contributed by atoms with van der Waals surface area (Å²) < 4.78 is 60.0. The maximum atomic E-state index is 12.2. The molecule has 0 atom stereocenters. The molecule has 0 unspecified atom stereocenters. The smallest absolute Gasteiger partial charge is 0.416 e. The summed E-state index contributed by atoms with van der Waals surface area (Å²) in [4.78, 5) is 0. The number of aromatic hydroxyl groups is 1. The monoisotopic (exact) mass is 255 g/mol. The molecule has 0 aromatic heterocycles. The second kappa shape index (κ2) is 3.85. The van der Waals surface area contributed by atoms with Crippen LogP contribution in [0, 0.1) is 0 Å². The van der Waals surface area contributed by atoms with Crippen molar-refractivity contribution in [2.24, 2.45) is 0 Å². The molecular weight excluding hydrogens is 247 g/mol. The minimum Gasteiger partial charge on any atom is -0.506 e. The topological polar surface area (TPSA) is 66.4 Å². The van der Waals surface area contributed by atoms with Crippen LogP contribution in [0.5, 0.6) is 5.75 Å².